The smallest absolute Gasteiger partial charge is 0.312 e. The monoisotopic (exact) mass is 244 g/mol. The highest BCUT2D eigenvalue weighted by molar-refractivity contribution is 5.75. The first kappa shape index (κ1) is 14.5. The van der Waals surface area contributed by atoms with Crippen LogP contribution in [0.3, 0.4) is 0 Å². The van der Waals surface area contributed by atoms with Gasteiger partial charge in [-0.3, -0.25) is 4.79 Å². The maximum Gasteiger partial charge on any atom is 0.312 e. The summed E-state index contributed by atoms with van der Waals surface area (Å²) >= 11 is 0. The van der Waals surface area contributed by atoms with Crippen LogP contribution in [0.1, 0.15) is 45.4 Å². The van der Waals surface area contributed by atoms with Crippen LogP contribution in [0.2, 0.25) is 0 Å². The average Bonchev–Trinajstić information content (AvgIpc) is 2.70. The zero-order valence-electron chi connectivity index (χ0n) is 10.6. The highest BCUT2D eigenvalue weighted by Gasteiger charge is 2.40. The molecular weight excluding hydrogens is 220 g/mol. The third kappa shape index (κ3) is 4.28. The summed E-state index contributed by atoms with van der Waals surface area (Å²) in [7, 11) is 0. The minimum absolute atomic E-state index is 0.0939. The number of carbonyl (C=O) groups excluding carboxylic acids is 1. The van der Waals surface area contributed by atoms with Crippen LogP contribution in [-0.2, 0) is 9.53 Å². The normalized spacial score (nSPS) is 25.9. The molecule has 4 nitrogen and oxygen atoms in total. The Bertz CT molecular complexity index is 229. The van der Waals surface area contributed by atoms with Crippen molar-refractivity contribution in [2.45, 2.75) is 51.6 Å². The van der Waals surface area contributed by atoms with Crippen molar-refractivity contribution < 1.29 is 19.7 Å². The third-order valence-corrected chi connectivity index (χ3v) is 3.47. The van der Waals surface area contributed by atoms with E-state index in [0.717, 1.165) is 12.8 Å². The van der Waals surface area contributed by atoms with Gasteiger partial charge in [0.05, 0.1) is 25.2 Å². The summed E-state index contributed by atoms with van der Waals surface area (Å²) in [6.45, 7) is 2.31. The van der Waals surface area contributed by atoms with E-state index in [1.165, 1.54) is 19.3 Å². The van der Waals surface area contributed by atoms with Crippen LogP contribution in [0.4, 0.5) is 0 Å². The van der Waals surface area contributed by atoms with Crippen molar-refractivity contribution in [2.75, 3.05) is 13.2 Å². The lowest BCUT2D eigenvalue weighted by molar-refractivity contribution is -0.144. The molecule has 1 aliphatic rings. The molecule has 0 amide bonds. The minimum Gasteiger partial charge on any atom is -0.465 e. The van der Waals surface area contributed by atoms with Crippen LogP contribution >= 0.6 is 0 Å². The van der Waals surface area contributed by atoms with E-state index in [2.05, 4.69) is 6.92 Å². The first-order valence-electron chi connectivity index (χ1n) is 6.66. The molecule has 0 aromatic rings. The second kappa shape index (κ2) is 7.67. The van der Waals surface area contributed by atoms with Crippen molar-refractivity contribution in [2.24, 2.45) is 11.8 Å². The molecule has 4 heteroatoms. The molecule has 0 aromatic carbocycles. The van der Waals surface area contributed by atoms with Crippen LogP contribution in [0.15, 0.2) is 0 Å². The van der Waals surface area contributed by atoms with E-state index in [0.29, 0.717) is 6.42 Å². The molecule has 3 unspecified atom stereocenters. The number of ether oxygens (including phenoxy) is 1. The van der Waals surface area contributed by atoms with Crippen LogP contribution in [0, 0.1) is 11.8 Å². The van der Waals surface area contributed by atoms with E-state index in [9.17, 15) is 9.90 Å². The lowest BCUT2D eigenvalue weighted by atomic mass is 9.88. The fraction of sp³-hybridized carbons (Fsp3) is 0.923. The van der Waals surface area contributed by atoms with E-state index in [1.54, 1.807) is 0 Å². The van der Waals surface area contributed by atoms with E-state index in [-0.39, 0.29) is 25.1 Å². The molecule has 17 heavy (non-hydrogen) atoms. The number of esters is 1. The second-order valence-electron chi connectivity index (χ2n) is 4.87. The van der Waals surface area contributed by atoms with E-state index >= 15 is 0 Å². The first-order valence-corrected chi connectivity index (χ1v) is 6.66. The van der Waals surface area contributed by atoms with Gasteiger partial charge in [0.1, 0.15) is 0 Å². The Hall–Kier alpha value is -0.610. The highest BCUT2D eigenvalue weighted by Crippen LogP contribution is 2.27. The van der Waals surface area contributed by atoms with Gasteiger partial charge >= 0.3 is 5.97 Å². The molecule has 0 aromatic heterocycles. The summed E-state index contributed by atoms with van der Waals surface area (Å²) in [6.07, 6.45) is 5.59. The van der Waals surface area contributed by atoms with Crippen molar-refractivity contribution in [1.29, 1.82) is 0 Å². The van der Waals surface area contributed by atoms with Gasteiger partial charge in [-0.05, 0) is 6.42 Å². The van der Waals surface area contributed by atoms with Gasteiger partial charge in [0.15, 0.2) is 0 Å². The lowest BCUT2D eigenvalue weighted by Gasteiger charge is -2.19. The van der Waals surface area contributed by atoms with Crippen LogP contribution in [0.25, 0.3) is 0 Å². The molecule has 1 saturated heterocycles. The Morgan fingerprint density at radius 2 is 2.06 bits per heavy atom. The maximum absolute atomic E-state index is 11.4. The van der Waals surface area contributed by atoms with E-state index in [4.69, 9.17) is 9.84 Å². The molecule has 100 valence electrons. The van der Waals surface area contributed by atoms with E-state index < -0.39 is 12.0 Å². The van der Waals surface area contributed by atoms with Crippen LogP contribution < -0.4 is 0 Å². The van der Waals surface area contributed by atoms with Crippen molar-refractivity contribution in [1.82, 2.24) is 0 Å². The molecular formula is C13H24O4. The van der Waals surface area contributed by atoms with Gasteiger partial charge in [0.25, 0.3) is 0 Å². The summed E-state index contributed by atoms with van der Waals surface area (Å²) in [5.41, 5.74) is 0. The second-order valence-corrected chi connectivity index (χ2v) is 4.87. The Morgan fingerprint density at radius 1 is 1.35 bits per heavy atom. The highest BCUT2D eigenvalue weighted by atomic mass is 16.5. The fourth-order valence-corrected chi connectivity index (χ4v) is 2.36. The predicted octanol–water partition coefficient (Wildman–Crippen LogP) is 1.49. The summed E-state index contributed by atoms with van der Waals surface area (Å²) in [5, 5.41) is 19.1. The van der Waals surface area contributed by atoms with Crippen molar-refractivity contribution >= 4 is 5.97 Å². The SMILES string of the molecule is CCCCCCCC(O)C1C(=O)OCC1CO. The molecule has 1 rings (SSSR count). The zero-order chi connectivity index (χ0) is 12.7. The van der Waals surface area contributed by atoms with Crippen molar-refractivity contribution in [3.05, 3.63) is 0 Å². The van der Waals surface area contributed by atoms with E-state index in [1.807, 2.05) is 0 Å². The number of cyclic esters (lactones) is 1. The number of aliphatic hydroxyl groups excluding tert-OH is 2. The van der Waals surface area contributed by atoms with Crippen molar-refractivity contribution in [3.8, 4) is 0 Å². The Balaban J connectivity index is 2.25. The molecule has 0 spiro atoms. The zero-order valence-corrected chi connectivity index (χ0v) is 10.6. The maximum atomic E-state index is 11.4. The summed E-state index contributed by atoms with van der Waals surface area (Å²) in [5.74, 6) is -1.11. The molecule has 1 fully saturated rings. The number of hydrogen-bond acceptors (Lipinski definition) is 4. The van der Waals surface area contributed by atoms with Gasteiger partial charge in [-0.25, -0.2) is 0 Å². The predicted molar refractivity (Wildman–Crippen MR) is 64.4 cm³/mol. The molecule has 0 aliphatic carbocycles. The standard InChI is InChI=1S/C13H24O4/c1-2-3-4-5-6-7-11(15)12-10(8-14)9-17-13(12)16/h10-12,14-15H,2-9H2,1H3. The van der Waals surface area contributed by atoms with Gasteiger partial charge in [0, 0.05) is 5.92 Å². The fourth-order valence-electron chi connectivity index (χ4n) is 2.36. The minimum atomic E-state index is -0.663. The van der Waals surface area contributed by atoms with Crippen LogP contribution in [0.5, 0.6) is 0 Å². The number of unbranched alkanes of at least 4 members (excludes halogenated alkanes) is 4. The molecule has 0 bridgehead atoms. The molecule has 1 aliphatic heterocycles. The molecule has 1 heterocycles. The summed E-state index contributed by atoms with van der Waals surface area (Å²) in [4.78, 5) is 11.4. The average molecular weight is 244 g/mol. The Kier molecular flexibility index (Phi) is 6.52. The summed E-state index contributed by atoms with van der Waals surface area (Å²) in [6, 6.07) is 0. The first-order chi connectivity index (χ1) is 8.20. The number of carbonyl (C=O) groups is 1. The van der Waals surface area contributed by atoms with Gasteiger partial charge in [-0.2, -0.15) is 0 Å². The number of rotatable bonds is 8. The van der Waals surface area contributed by atoms with Crippen LogP contribution in [-0.4, -0.2) is 35.5 Å². The number of aliphatic hydroxyl groups is 2. The van der Waals surface area contributed by atoms with Gasteiger partial charge in [-0.15, -0.1) is 0 Å². The Labute approximate surface area is 103 Å². The van der Waals surface area contributed by atoms with Gasteiger partial charge in [0.2, 0.25) is 0 Å². The molecule has 0 radical (unpaired) electrons. The molecule has 2 N–H and O–H groups in total. The topological polar surface area (TPSA) is 66.8 Å². The van der Waals surface area contributed by atoms with Gasteiger partial charge < -0.3 is 14.9 Å². The molecule has 0 saturated carbocycles. The quantitative estimate of drug-likeness (QED) is 0.501. The third-order valence-electron chi connectivity index (χ3n) is 3.47. The van der Waals surface area contributed by atoms with Crippen molar-refractivity contribution in [3.63, 3.8) is 0 Å². The summed E-state index contributed by atoms with van der Waals surface area (Å²) < 4.78 is 4.88. The molecule has 3 atom stereocenters. The Morgan fingerprint density at radius 3 is 2.71 bits per heavy atom. The lowest BCUT2D eigenvalue weighted by Crippen LogP contribution is -2.31. The largest absolute Gasteiger partial charge is 0.465 e. The number of hydrogen-bond donors (Lipinski definition) is 2. The van der Waals surface area contributed by atoms with Gasteiger partial charge in [-0.1, -0.05) is 39.0 Å².